The second-order valence-electron chi connectivity index (χ2n) is 7.47. The number of aryl methyl sites for hydroxylation is 1. The number of carbonyl (C=O) groups excluding carboxylic acids is 1. The highest BCUT2D eigenvalue weighted by molar-refractivity contribution is 7.89. The molecule has 11 heteroatoms. The number of hydrogen-bond donors (Lipinski definition) is 0. The molecule has 0 spiro atoms. The van der Waals surface area contributed by atoms with Gasteiger partial charge in [-0.3, -0.25) is 14.9 Å². The molecule has 170 valence electrons. The van der Waals surface area contributed by atoms with E-state index in [2.05, 4.69) is 0 Å². The molecule has 2 aromatic rings. The lowest BCUT2D eigenvalue weighted by Gasteiger charge is -2.29. The number of nitro benzene ring substituents is 1. The van der Waals surface area contributed by atoms with Crippen molar-refractivity contribution in [3.05, 3.63) is 58.1 Å². The summed E-state index contributed by atoms with van der Waals surface area (Å²) in [4.78, 5) is 25.1. The Morgan fingerprint density at radius 1 is 1.12 bits per heavy atom. The zero-order chi connectivity index (χ0) is 22.7. The molecule has 2 aliphatic rings. The molecule has 0 aromatic heterocycles. The smallest absolute Gasteiger partial charge is 0.312 e. The van der Waals surface area contributed by atoms with Crippen molar-refractivity contribution in [2.75, 3.05) is 44.4 Å². The number of para-hydroxylation sites is 1. The average Bonchev–Trinajstić information content (AvgIpc) is 2.82. The number of morpholine rings is 1. The van der Waals surface area contributed by atoms with Crippen molar-refractivity contribution in [2.45, 2.75) is 17.7 Å². The summed E-state index contributed by atoms with van der Waals surface area (Å²) >= 11 is 0. The Morgan fingerprint density at radius 2 is 1.88 bits per heavy atom. The highest BCUT2D eigenvalue weighted by Gasteiger charge is 2.30. The molecule has 0 unspecified atom stereocenters. The van der Waals surface area contributed by atoms with Crippen LogP contribution in [0.1, 0.15) is 12.0 Å². The van der Waals surface area contributed by atoms with E-state index >= 15 is 0 Å². The number of amides is 1. The third-order valence-electron chi connectivity index (χ3n) is 5.50. The van der Waals surface area contributed by atoms with Gasteiger partial charge in [0.15, 0.2) is 12.4 Å². The van der Waals surface area contributed by atoms with Gasteiger partial charge in [0.2, 0.25) is 10.0 Å². The van der Waals surface area contributed by atoms with Gasteiger partial charge in [0.1, 0.15) is 0 Å². The van der Waals surface area contributed by atoms with Gasteiger partial charge in [0.05, 0.1) is 23.0 Å². The van der Waals surface area contributed by atoms with Gasteiger partial charge in [-0.15, -0.1) is 0 Å². The minimum absolute atomic E-state index is 0.158. The minimum Gasteiger partial charge on any atom is -0.477 e. The minimum atomic E-state index is -3.90. The Hall–Kier alpha value is -3.02. The molecule has 4 rings (SSSR count). The molecule has 0 N–H and O–H groups in total. The number of benzene rings is 2. The number of carbonyl (C=O) groups is 1. The van der Waals surface area contributed by atoms with Gasteiger partial charge in [-0.1, -0.05) is 18.2 Å². The van der Waals surface area contributed by atoms with Crippen molar-refractivity contribution >= 4 is 27.3 Å². The molecule has 1 fully saturated rings. The standard InChI is InChI=1S/C21H23N3O7S/c25-21(23-9-3-5-16-4-1-2-6-18(16)23)15-31-20-8-7-17(14-19(20)24(26)27)32(28,29)22-10-12-30-13-11-22/h1-2,4,6-8,14H,3,5,9-13,15H2. The third-order valence-corrected chi connectivity index (χ3v) is 7.39. The van der Waals surface area contributed by atoms with Crippen LogP contribution in [0.15, 0.2) is 47.4 Å². The Labute approximate surface area is 185 Å². The van der Waals surface area contributed by atoms with Gasteiger partial charge >= 0.3 is 5.69 Å². The second-order valence-corrected chi connectivity index (χ2v) is 9.41. The van der Waals surface area contributed by atoms with Crippen LogP contribution in [0, 0.1) is 10.1 Å². The van der Waals surface area contributed by atoms with E-state index in [9.17, 15) is 23.3 Å². The van der Waals surface area contributed by atoms with Gasteiger partial charge in [-0.25, -0.2) is 8.42 Å². The molecular weight excluding hydrogens is 438 g/mol. The first-order valence-electron chi connectivity index (χ1n) is 10.3. The molecule has 0 atom stereocenters. The third kappa shape index (κ3) is 4.45. The number of anilines is 1. The molecule has 1 amide bonds. The molecule has 0 bridgehead atoms. The highest BCUT2D eigenvalue weighted by Crippen LogP contribution is 2.32. The number of hydrogen-bond acceptors (Lipinski definition) is 7. The van der Waals surface area contributed by atoms with Crippen LogP contribution in [0.5, 0.6) is 5.75 Å². The molecule has 0 saturated carbocycles. The van der Waals surface area contributed by atoms with Crippen molar-refractivity contribution in [1.29, 1.82) is 0 Å². The van der Waals surface area contributed by atoms with Crippen LogP contribution in [-0.2, 0) is 26.0 Å². The molecule has 10 nitrogen and oxygen atoms in total. The van der Waals surface area contributed by atoms with Gasteiger partial charge in [0, 0.05) is 31.4 Å². The first-order valence-corrected chi connectivity index (χ1v) is 11.7. The Morgan fingerprint density at radius 3 is 2.62 bits per heavy atom. The van der Waals surface area contributed by atoms with Crippen LogP contribution in [0.2, 0.25) is 0 Å². The monoisotopic (exact) mass is 461 g/mol. The van der Waals surface area contributed by atoms with Gasteiger partial charge in [-0.05, 0) is 36.6 Å². The maximum atomic E-state index is 12.8. The summed E-state index contributed by atoms with van der Waals surface area (Å²) in [7, 11) is -3.90. The summed E-state index contributed by atoms with van der Waals surface area (Å²) in [5.74, 6) is -0.481. The molecule has 2 heterocycles. The van der Waals surface area contributed by atoms with Crippen LogP contribution in [0.25, 0.3) is 0 Å². The fraction of sp³-hybridized carbons (Fsp3) is 0.381. The summed E-state index contributed by atoms with van der Waals surface area (Å²) in [5, 5.41) is 11.6. The van der Waals surface area contributed by atoms with Crippen molar-refractivity contribution in [2.24, 2.45) is 0 Å². The lowest BCUT2D eigenvalue weighted by molar-refractivity contribution is -0.386. The summed E-state index contributed by atoms with van der Waals surface area (Å²) in [5.41, 5.74) is 1.37. The Balaban J connectivity index is 1.52. The maximum Gasteiger partial charge on any atom is 0.312 e. The van der Waals surface area contributed by atoms with Crippen LogP contribution >= 0.6 is 0 Å². The number of nitrogens with zero attached hydrogens (tertiary/aromatic N) is 3. The molecular formula is C21H23N3O7S. The highest BCUT2D eigenvalue weighted by atomic mass is 32.2. The summed E-state index contributed by atoms with van der Waals surface area (Å²) < 4.78 is 37.5. The van der Waals surface area contributed by atoms with E-state index in [1.165, 1.54) is 16.4 Å². The first kappa shape index (κ1) is 22.2. The van der Waals surface area contributed by atoms with E-state index in [1.54, 1.807) is 4.90 Å². The van der Waals surface area contributed by atoms with E-state index in [4.69, 9.17) is 9.47 Å². The number of fused-ring (bicyclic) bond motifs is 1. The first-order chi connectivity index (χ1) is 15.4. The largest absolute Gasteiger partial charge is 0.477 e. The van der Waals surface area contributed by atoms with E-state index in [1.807, 2.05) is 24.3 Å². The summed E-state index contributed by atoms with van der Waals surface area (Å²) in [6.07, 6.45) is 1.70. The lowest BCUT2D eigenvalue weighted by Crippen LogP contribution is -2.40. The van der Waals surface area contributed by atoms with Crippen LogP contribution < -0.4 is 9.64 Å². The normalized spacial score (nSPS) is 16.9. The van der Waals surface area contributed by atoms with E-state index < -0.39 is 27.2 Å². The molecule has 1 saturated heterocycles. The lowest BCUT2D eigenvalue weighted by atomic mass is 10.0. The molecule has 0 aliphatic carbocycles. The van der Waals surface area contributed by atoms with E-state index in [0.29, 0.717) is 6.54 Å². The molecule has 2 aliphatic heterocycles. The predicted molar refractivity (Wildman–Crippen MR) is 115 cm³/mol. The SMILES string of the molecule is O=C(COc1ccc(S(=O)(=O)N2CCOCC2)cc1[N+](=O)[O-])N1CCCc2ccccc21. The van der Waals surface area contributed by atoms with Crippen LogP contribution in [0.3, 0.4) is 0 Å². The Kier molecular flexibility index (Phi) is 6.40. The van der Waals surface area contributed by atoms with Gasteiger partial charge in [-0.2, -0.15) is 4.31 Å². The summed E-state index contributed by atoms with van der Waals surface area (Å²) in [6, 6.07) is 11.1. The number of ether oxygens (including phenoxy) is 2. The Bertz CT molecular complexity index is 1130. The maximum absolute atomic E-state index is 12.8. The number of nitro groups is 1. The molecule has 32 heavy (non-hydrogen) atoms. The zero-order valence-electron chi connectivity index (χ0n) is 17.3. The second kappa shape index (κ2) is 9.23. The van der Waals surface area contributed by atoms with Gasteiger partial charge < -0.3 is 14.4 Å². The number of sulfonamides is 1. The van der Waals surface area contributed by atoms with Crippen molar-refractivity contribution in [3.8, 4) is 5.75 Å². The predicted octanol–water partition coefficient (Wildman–Crippen LogP) is 1.97. The fourth-order valence-electron chi connectivity index (χ4n) is 3.87. The zero-order valence-corrected chi connectivity index (χ0v) is 18.1. The quantitative estimate of drug-likeness (QED) is 0.476. The van der Waals surface area contributed by atoms with E-state index in [0.717, 1.165) is 30.2 Å². The van der Waals surface area contributed by atoms with Crippen molar-refractivity contribution in [3.63, 3.8) is 0 Å². The molecule has 0 radical (unpaired) electrons. The van der Waals surface area contributed by atoms with Crippen LogP contribution in [0.4, 0.5) is 11.4 Å². The number of rotatable bonds is 6. The van der Waals surface area contributed by atoms with Crippen molar-refractivity contribution < 1.29 is 27.6 Å². The topological polar surface area (TPSA) is 119 Å². The molecule has 2 aromatic carbocycles. The fourth-order valence-corrected chi connectivity index (χ4v) is 5.30. The van der Waals surface area contributed by atoms with Crippen molar-refractivity contribution in [1.82, 2.24) is 4.31 Å². The van der Waals surface area contributed by atoms with Gasteiger partial charge in [0.25, 0.3) is 5.91 Å². The van der Waals surface area contributed by atoms with Crippen LogP contribution in [-0.4, -0.2) is 63.0 Å². The average molecular weight is 461 g/mol. The summed E-state index contributed by atoms with van der Waals surface area (Å²) in [6.45, 7) is 1.04. The van der Waals surface area contributed by atoms with E-state index in [-0.39, 0.29) is 42.9 Å².